The number of hydrogen-bond donors (Lipinski definition) is 1. The molecular weight excluding hydrogens is 420 g/mol. The Labute approximate surface area is 193 Å². The Morgan fingerprint density at radius 2 is 2.03 bits per heavy atom. The summed E-state index contributed by atoms with van der Waals surface area (Å²) in [7, 11) is 1.50. The van der Waals surface area contributed by atoms with Crippen LogP contribution in [0.4, 0.5) is 5.69 Å². The van der Waals surface area contributed by atoms with E-state index in [4.69, 9.17) is 9.47 Å². The molecule has 0 amide bonds. The number of nitrogens with one attached hydrogen (secondary N) is 1. The fourth-order valence-corrected chi connectivity index (χ4v) is 4.25. The summed E-state index contributed by atoms with van der Waals surface area (Å²) in [6, 6.07) is 13.7. The van der Waals surface area contributed by atoms with E-state index < -0.39 is 4.92 Å². The number of nitro groups is 1. The summed E-state index contributed by atoms with van der Waals surface area (Å²) in [6.07, 6.45) is 3.75. The third-order valence-electron chi connectivity index (χ3n) is 5.98. The van der Waals surface area contributed by atoms with E-state index in [1.165, 1.54) is 12.7 Å². The monoisotopic (exact) mass is 450 g/mol. The van der Waals surface area contributed by atoms with Gasteiger partial charge in [0.15, 0.2) is 5.75 Å². The van der Waals surface area contributed by atoms with Gasteiger partial charge < -0.3 is 9.47 Å². The van der Waals surface area contributed by atoms with Crippen molar-refractivity contribution in [3.05, 3.63) is 69.4 Å². The summed E-state index contributed by atoms with van der Waals surface area (Å²) >= 11 is 0. The number of unbranched alkanes of at least 4 members (excludes halogenated alkanes) is 2. The molecule has 4 rings (SSSR count). The molecule has 0 saturated heterocycles. The molecule has 1 aliphatic rings. The van der Waals surface area contributed by atoms with Crippen molar-refractivity contribution in [1.29, 1.82) is 0 Å². The smallest absolute Gasteiger partial charge is 0.315 e. The third-order valence-corrected chi connectivity index (χ3v) is 5.98. The second-order valence-electron chi connectivity index (χ2n) is 8.32. The van der Waals surface area contributed by atoms with E-state index in [9.17, 15) is 10.1 Å². The maximum Gasteiger partial charge on any atom is 0.315 e. The molecule has 33 heavy (non-hydrogen) atoms. The molecule has 0 saturated carbocycles. The van der Waals surface area contributed by atoms with Crippen LogP contribution in [-0.4, -0.2) is 40.3 Å². The van der Waals surface area contributed by atoms with Gasteiger partial charge in [-0.1, -0.05) is 50.1 Å². The van der Waals surface area contributed by atoms with Crippen molar-refractivity contribution in [2.24, 2.45) is 0 Å². The van der Waals surface area contributed by atoms with Crippen LogP contribution in [0.15, 0.2) is 42.5 Å². The third kappa shape index (κ3) is 5.17. The van der Waals surface area contributed by atoms with E-state index >= 15 is 0 Å². The van der Waals surface area contributed by atoms with E-state index in [2.05, 4.69) is 34.2 Å². The largest absolute Gasteiger partial charge is 0.493 e. The molecule has 174 valence electrons. The van der Waals surface area contributed by atoms with Gasteiger partial charge in [0.1, 0.15) is 0 Å². The van der Waals surface area contributed by atoms with Gasteiger partial charge in [0.2, 0.25) is 5.75 Å². The molecule has 0 spiro atoms. The first-order chi connectivity index (χ1) is 16.1. The molecule has 2 heterocycles. The number of ether oxygens (including phenoxy) is 2. The van der Waals surface area contributed by atoms with E-state index in [0.29, 0.717) is 17.9 Å². The Hall–Kier alpha value is -3.39. The predicted molar refractivity (Wildman–Crippen MR) is 127 cm³/mol. The SMILES string of the molecule is CCCCCOc1c(OC)cc(-c2n[nH]c3c2CN(Cc2ccccc2)CC3)cc1[N+](=O)[O-]. The quantitative estimate of drug-likeness (QED) is 0.262. The Morgan fingerprint density at radius 1 is 1.21 bits per heavy atom. The van der Waals surface area contributed by atoms with Crippen LogP contribution in [0, 0.1) is 10.1 Å². The average Bonchev–Trinajstić information content (AvgIpc) is 3.25. The summed E-state index contributed by atoms with van der Waals surface area (Å²) in [5.41, 5.74) is 4.68. The van der Waals surface area contributed by atoms with Crippen LogP contribution in [0.2, 0.25) is 0 Å². The average molecular weight is 451 g/mol. The highest BCUT2D eigenvalue weighted by atomic mass is 16.6. The number of rotatable bonds is 10. The van der Waals surface area contributed by atoms with E-state index in [1.54, 1.807) is 12.1 Å². The minimum Gasteiger partial charge on any atom is -0.493 e. The molecule has 0 aliphatic carbocycles. The van der Waals surface area contributed by atoms with Gasteiger partial charge in [-0.2, -0.15) is 5.10 Å². The van der Waals surface area contributed by atoms with Crippen molar-refractivity contribution in [1.82, 2.24) is 15.1 Å². The van der Waals surface area contributed by atoms with Crippen LogP contribution in [0.3, 0.4) is 0 Å². The van der Waals surface area contributed by atoms with Crippen molar-refractivity contribution in [3.8, 4) is 22.8 Å². The molecule has 8 heteroatoms. The van der Waals surface area contributed by atoms with Crippen molar-refractivity contribution in [2.75, 3.05) is 20.3 Å². The van der Waals surface area contributed by atoms with Crippen molar-refractivity contribution >= 4 is 5.69 Å². The number of H-pyrrole nitrogens is 1. The first-order valence-corrected chi connectivity index (χ1v) is 11.4. The number of nitrogens with zero attached hydrogens (tertiary/aromatic N) is 3. The Balaban J connectivity index is 1.63. The first kappa shape index (κ1) is 22.8. The van der Waals surface area contributed by atoms with Gasteiger partial charge in [-0.25, -0.2) is 0 Å². The van der Waals surface area contributed by atoms with Gasteiger partial charge >= 0.3 is 5.69 Å². The molecule has 0 unspecified atom stereocenters. The second kappa shape index (κ2) is 10.5. The van der Waals surface area contributed by atoms with E-state index in [-0.39, 0.29) is 11.4 Å². The van der Waals surface area contributed by atoms with Gasteiger partial charge in [0, 0.05) is 48.9 Å². The highest BCUT2D eigenvalue weighted by Crippen LogP contribution is 2.42. The maximum absolute atomic E-state index is 11.9. The summed E-state index contributed by atoms with van der Waals surface area (Å²) < 4.78 is 11.3. The molecule has 0 bridgehead atoms. The van der Waals surface area contributed by atoms with Crippen LogP contribution in [0.5, 0.6) is 11.5 Å². The lowest BCUT2D eigenvalue weighted by atomic mass is 9.99. The van der Waals surface area contributed by atoms with E-state index in [1.807, 2.05) is 18.2 Å². The highest BCUT2D eigenvalue weighted by Gasteiger charge is 2.27. The molecule has 8 nitrogen and oxygen atoms in total. The van der Waals surface area contributed by atoms with Crippen LogP contribution in [-0.2, 0) is 19.5 Å². The zero-order valence-corrected chi connectivity index (χ0v) is 19.2. The Morgan fingerprint density at radius 3 is 2.76 bits per heavy atom. The Bertz CT molecular complexity index is 1100. The lowest BCUT2D eigenvalue weighted by Gasteiger charge is -2.27. The molecule has 1 aromatic heterocycles. The van der Waals surface area contributed by atoms with Gasteiger partial charge in [-0.05, 0) is 18.1 Å². The number of aromatic amines is 1. The lowest BCUT2D eigenvalue weighted by molar-refractivity contribution is -0.385. The van der Waals surface area contributed by atoms with Gasteiger partial charge in [0.05, 0.1) is 24.3 Å². The van der Waals surface area contributed by atoms with E-state index in [0.717, 1.165) is 62.3 Å². The lowest BCUT2D eigenvalue weighted by Crippen LogP contribution is -2.29. The first-order valence-electron chi connectivity index (χ1n) is 11.4. The van der Waals surface area contributed by atoms with Crippen molar-refractivity contribution in [2.45, 2.75) is 45.7 Å². The van der Waals surface area contributed by atoms with Crippen molar-refractivity contribution in [3.63, 3.8) is 0 Å². The molecular formula is C25H30N4O4. The summed E-state index contributed by atoms with van der Waals surface area (Å²) in [6.45, 7) is 5.01. The number of nitro benzene ring substituents is 1. The Kier molecular flexibility index (Phi) is 7.24. The summed E-state index contributed by atoms with van der Waals surface area (Å²) in [5, 5.41) is 19.5. The summed E-state index contributed by atoms with van der Waals surface area (Å²) in [5.74, 6) is 0.530. The standard InChI is InChI=1S/C25H30N4O4/c1-3-4-8-13-33-25-22(29(30)31)14-19(15-23(25)32-2)24-20-17-28(12-11-21(20)26-27-24)16-18-9-6-5-7-10-18/h5-7,9-10,14-15H,3-4,8,11-13,16-17H2,1-2H3,(H,26,27). The fourth-order valence-electron chi connectivity index (χ4n) is 4.25. The molecule has 1 N–H and O–H groups in total. The number of methoxy groups -OCH3 is 1. The maximum atomic E-state index is 11.9. The normalized spacial score (nSPS) is 13.5. The number of fused-ring (bicyclic) bond motifs is 1. The van der Waals surface area contributed by atoms with Crippen LogP contribution in [0.1, 0.15) is 43.0 Å². The number of benzene rings is 2. The number of aromatic nitrogens is 2. The zero-order chi connectivity index (χ0) is 23.2. The van der Waals surface area contributed by atoms with Crippen LogP contribution in [0.25, 0.3) is 11.3 Å². The highest BCUT2D eigenvalue weighted by molar-refractivity contribution is 5.73. The molecule has 0 fully saturated rings. The fraction of sp³-hybridized carbons (Fsp3) is 0.400. The molecule has 3 aromatic rings. The summed E-state index contributed by atoms with van der Waals surface area (Å²) in [4.78, 5) is 13.8. The predicted octanol–water partition coefficient (Wildman–Crippen LogP) is 5.12. The molecule has 0 radical (unpaired) electrons. The topological polar surface area (TPSA) is 93.5 Å². The van der Waals surface area contributed by atoms with Crippen molar-refractivity contribution < 1.29 is 14.4 Å². The minimum atomic E-state index is -0.415. The van der Waals surface area contributed by atoms with Gasteiger partial charge in [0.25, 0.3) is 0 Å². The molecule has 1 aliphatic heterocycles. The molecule has 0 atom stereocenters. The van der Waals surface area contributed by atoms with Gasteiger partial charge in [-0.15, -0.1) is 0 Å². The van der Waals surface area contributed by atoms with Crippen LogP contribution < -0.4 is 9.47 Å². The van der Waals surface area contributed by atoms with Crippen LogP contribution >= 0.6 is 0 Å². The molecule has 2 aromatic carbocycles. The zero-order valence-electron chi connectivity index (χ0n) is 19.2. The second-order valence-corrected chi connectivity index (χ2v) is 8.32. The number of hydrogen-bond acceptors (Lipinski definition) is 6. The van der Waals surface area contributed by atoms with Gasteiger partial charge in [-0.3, -0.25) is 20.1 Å². The minimum absolute atomic E-state index is 0.102.